The highest BCUT2D eigenvalue weighted by atomic mass is 16.5. The van der Waals surface area contributed by atoms with Crippen LogP contribution in [0.1, 0.15) is 31.2 Å². The Kier molecular flexibility index (Phi) is 6.60. The molecule has 0 aliphatic heterocycles. The topological polar surface area (TPSA) is 89.6 Å². The van der Waals surface area contributed by atoms with Crippen LogP contribution in [-0.4, -0.2) is 23.1 Å². The third-order valence-electron chi connectivity index (χ3n) is 2.71. The van der Waals surface area contributed by atoms with Gasteiger partial charge in [-0.1, -0.05) is 36.8 Å². The van der Waals surface area contributed by atoms with Crippen molar-refractivity contribution in [3.05, 3.63) is 35.9 Å². The van der Waals surface area contributed by atoms with Crippen LogP contribution in [0.2, 0.25) is 0 Å². The number of hydrogen-bond donors (Lipinski definition) is 2. The van der Waals surface area contributed by atoms with Gasteiger partial charge in [-0.05, 0) is 18.4 Å². The number of esters is 1. The molecule has 19 heavy (non-hydrogen) atoms. The Bertz CT molecular complexity index is 405. The standard InChI is InChI=1S/C14H19NO4/c15-12(14(17)18)8-4-5-9-13(16)19-10-11-6-2-1-3-7-11/h1-3,6-7,12H,4-5,8-10,15H2,(H,17,18). The number of nitrogens with two attached hydrogens (primary N) is 1. The number of rotatable bonds is 8. The lowest BCUT2D eigenvalue weighted by molar-refractivity contribution is -0.145. The molecule has 0 bridgehead atoms. The number of aliphatic carboxylic acids is 1. The molecule has 3 N–H and O–H groups in total. The highest BCUT2D eigenvalue weighted by molar-refractivity contribution is 5.73. The van der Waals surface area contributed by atoms with Gasteiger partial charge < -0.3 is 15.6 Å². The SMILES string of the molecule is NC(CCCCC(=O)OCc1ccccc1)C(=O)O. The van der Waals surface area contributed by atoms with Gasteiger partial charge in [0.05, 0.1) is 0 Å². The van der Waals surface area contributed by atoms with Crippen LogP contribution < -0.4 is 5.73 Å². The molecule has 5 nitrogen and oxygen atoms in total. The highest BCUT2D eigenvalue weighted by Crippen LogP contribution is 2.06. The molecule has 0 saturated carbocycles. The average Bonchev–Trinajstić information content (AvgIpc) is 2.42. The summed E-state index contributed by atoms with van der Waals surface area (Å²) in [5.41, 5.74) is 6.30. The second kappa shape index (κ2) is 8.26. The van der Waals surface area contributed by atoms with Crippen molar-refractivity contribution < 1.29 is 19.4 Å². The van der Waals surface area contributed by atoms with Gasteiger partial charge in [-0.2, -0.15) is 0 Å². The number of ether oxygens (including phenoxy) is 1. The molecular formula is C14H19NO4. The Hall–Kier alpha value is -1.88. The lowest BCUT2D eigenvalue weighted by Gasteiger charge is -2.06. The van der Waals surface area contributed by atoms with Crippen molar-refractivity contribution in [2.75, 3.05) is 0 Å². The first-order chi connectivity index (χ1) is 9.09. The van der Waals surface area contributed by atoms with Crippen LogP contribution in [0.3, 0.4) is 0 Å². The molecular weight excluding hydrogens is 246 g/mol. The van der Waals surface area contributed by atoms with E-state index >= 15 is 0 Å². The predicted molar refractivity (Wildman–Crippen MR) is 70.3 cm³/mol. The number of carbonyl (C=O) groups excluding carboxylic acids is 1. The monoisotopic (exact) mass is 265 g/mol. The zero-order valence-corrected chi connectivity index (χ0v) is 10.7. The Morgan fingerprint density at radius 1 is 1.21 bits per heavy atom. The van der Waals surface area contributed by atoms with Crippen molar-refractivity contribution in [1.29, 1.82) is 0 Å². The summed E-state index contributed by atoms with van der Waals surface area (Å²) in [4.78, 5) is 21.9. The van der Waals surface area contributed by atoms with Crippen LogP contribution in [-0.2, 0) is 20.9 Å². The summed E-state index contributed by atoms with van der Waals surface area (Å²) in [6.45, 7) is 0.272. The number of hydrogen-bond acceptors (Lipinski definition) is 4. The fourth-order valence-corrected chi connectivity index (χ4v) is 1.57. The lowest BCUT2D eigenvalue weighted by atomic mass is 10.1. The molecule has 1 rings (SSSR count). The van der Waals surface area contributed by atoms with Gasteiger partial charge >= 0.3 is 11.9 Å². The van der Waals surface area contributed by atoms with E-state index in [-0.39, 0.29) is 12.6 Å². The van der Waals surface area contributed by atoms with Crippen molar-refractivity contribution >= 4 is 11.9 Å². The van der Waals surface area contributed by atoms with Crippen molar-refractivity contribution in [2.45, 2.75) is 38.3 Å². The van der Waals surface area contributed by atoms with E-state index in [0.717, 1.165) is 5.56 Å². The lowest BCUT2D eigenvalue weighted by Crippen LogP contribution is -2.29. The summed E-state index contributed by atoms with van der Waals surface area (Å²) in [6.07, 6.45) is 1.86. The summed E-state index contributed by atoms with van der Waals surface area (Å²) >= 11 is 0. The van der Waals surface area contributed by atoms with E-state index in [1.54, 1.807) is 0 Å². The summed E-state index contributed by atoms with van der Waals surface area (Å²) in [6, 6.07) is 8.60. The molecule has 1 atom stereocenters. The molecule has 0 aliphatic rings. The molecule has 1 unspecified atom stereocenters. The molecule has 0 radical (unpaired) electrons. The summed E-state index contributed by atoms with van der Waals surface area (Å²) in [5.74, 6) is -1.28. The minimum absolute atomic E-state index is 0.271. The first-order valence-electron chi connectivity index (χ1n) is 6.27. The Balaban J connectivity index is 2.10. The maximum absolute atomic E-state index is 11.4. The van der Waals surface area contributed by atoms with Gasteiger partial charge in [0.2, 0.25) is 0 Å². The van der Waals surface area contributed by atoms with Crippen LogP contribution in [0.4, 0.5) is 0 Å². The van der Waals surface area contributed by atoms with Crippen molar-refractivity contribution in [3.63, 3.8) is 0 Å². The molecule has 0 amide bonds. The van der Waals surface area contributed by atoms with Crippen molar-refractivity contribution in [1.82, 2.24) is 0 Å². The third-order valence-corrected chi connectivity index (χ3v) is 2.71. The van der Waals surface area contributed by atoms with E-state index < -0.39 is 12.0 Å². The van der Waals surface area contributed by atoms with Gasteiger partial charge in [0.15, 0.2) is 0 Å². The largest absolute Gasteiger partial charge is 0.480 e. The molecule has 1 aromatic carbocycles. The molecule has 0 heterocycles. The summed E-state index contributed by atoms with van der Waals surface area (Å²) in [7, 11) is 0. The van der Waals surface area contributed by atoms with Crippen LogP contribution in [0.15, 0.2) is 30.3 Å². The van der Waals surface area contributed by atoms with Gasteiger partial charge in [0.25, 0.3) is 0 Å². The highest BCUT2D eigenvalue weighted by Gasteiger charge is 2.11. The fraction of sp³-hybridized carbons (Fsp3) is 0.429. The van der Waals surface area contributed by atoms with E-state index in [9.17, 15) is 9.59 Å². The first kappa shape index (κ1) is 15.2. The normalized spacial score (nSPS) is 11.8. The Morgan fingerprint density at radius 2 is 1.89 bits per heavy atom. The number of benzene rings is 1. The second-order valence-electron chi connectivity index (χ2n) is 4.34. The van der Waals surface area contributed by atoms with Crippen LogP contribution in [0.5, 0.6) is 0 Å². The van der Waals surface area contributed by atoms with E-state index in [1.165, 1.54) is 0 Å². The van der Waals surface area contributed by atoms with Crippen LogP contribution >= 0.6 is 0 Å². The molecule has 0 fully saturated rings. The molecule has 5 heteroatoms. The maximum Gasteiger partial charge on any atom is 0.320 e. The zero-order valence-electron chi connectivity index (χ0n) is 10.7. The fourth-order valence-electron chi connectivity index (χ4n) is 1.57. The number of unbranched alkanes of at least 4 members (excludes halogenated alkanes) is 1. The Labute approximate surface area is 112 Å². The van der Waals surface area contributed by atoms with Crippen LogP contribution in [0.25, 0.3) is 0 Å². The molecule has 0 aromatic heterocycles. The first-order valence-corrected chi connectivity index (χ1v) is 6.27. The van der Waals surface area contributed by atoms with Gasteiger partial charge in [0, 0.05) is 6.42 Å². The zero-order chi connectivity index (χ0) is 14.1. The van der Waals surface area contributed by atoms with E-state index in [2.05, 4.69) is 0 Å². The Morgan fingerprint density at radius 3 is 2.53 bits per heavy atom. The van der Waals surface area contributed by atoms with E-state index in [1.807, 2.05) is 30.3 Å². The van der Waals surface area contributed by atoms with E-state index in [0.29, 0.717) is 25.7 Å². The molecule has 104 valence electrons. The average molecular weight is 265 g/mol. The van der Waals surface area contributed by atoms with Gasteiger partial charge in [-0.15, -0.1) is 0 Å². The molecule has 0 spiro atoms. The summed E-state index contributed by atoms with van der Waals surface area (Å²) in [5, 5.41) is 8.58. The molecule has 1 aromatic rings. The van der Waals surface area contributed by atoms with Gasteiger partial charge in [0.1, 0.15) is 12.6 Å². The van der Waals surface area contributed by atoms with E-state index in [4.69, 9.17) is 15.6 Å². The molecule has 0 saturated heterocycles. The summed E-state index contributed by atoms with van der Waals surface area (Å²) < 4.78 is 5.10. The minimum Gasteiger partial charge on any atom is -0.480 e. The van der Waals surface area contributed by atoms with Crippen LogP contribution in [0, 0.1) is 0 Å². The number of carboxylic acids is 1. The smallest absolute Gasteiger partial charge is 0.320 e. The minimum atomic E-state index is -1.01. The van der Waals surface area contributed by atoms with Crippen molar-refractivity contribution in [2.24, 2.45) is 5.73 Å². The second-order valence-corrected chi connectivity index (χ2v) is 4.34. The third kappa shape index (κ3) is 6.57. The number of carbonyl (C=O) groups is 2. The van der Waals surface area contributed by atoms with Gasteiger partial charge in [-0.25, -0.2) is 0 Å². The predicted octanol–water partition coefficient (Wildman–Crippen LogP) is 1.70. The molecule has 0 aliphatic carbocycles. The quantitative estimate of drug-likeness (QED) is 0.551. The van der Waals surface area contributed by atoms with Gasteiger partial charge in [-0.3, -0.25) is 9.59 Å². The maximum atomic E-state index is 11.4. The number of carboxylic acid groups (broad SMARTS) is 1. The van der Waals surface area contributed by atoms with Crippen molar-refractivity contribution in [3.8, 4) is 0 Å².